The van der Waals surface area contributed by atoms with E-state index < -0.39 is 0 Å². The summed E-state index contributed by atoms with van der Waals surface area (Å²) in [6.45, 7) is 3.87. The zero-order valence-corrected chi connectivity index (χ0v) is 11.0. The number of anilines is 1. The molecule has 0 aliphatic heterocycles. The first-order valence-corrected chi connectivity index (χ1v) is 6.32. The minimum atomic E-state index is -0.235. The second-order valence-electron chi connectivity index (χ2n) is 3.97. The van der Waals surface area contributed by atoms with E-state index in [2.05, 4.69) is 15.3 Å². The Morgan fingerprint density at radius 1 is 1.50 bits per heavy atom. The van der Waals surface area contributed by atoms with Crippen LogP contribution in [0.1, 0.15) is 33.2 Å². The molecule has 0 saturated carbocycles. The molecule has 2 heterocycles. The van der Waals surface area contributed by atoms with E-state index in [1.807, 2.05) is 13.8 Å². The lowest BCUT2D eigenvalue weighted by Gasteiger charge is -2.12. The molecule has 0 aliphatic rings. The molecule has 1 amide bonds. The molecule has 1 unspecified atom stereocenters. The van der Waals surface area contributed by atoms with Crippen molar-refractivity contribution in [1.82, 2.24) is 15.3 Å². The molecule has 0 aliphatic carbocycles. The smallest absolute Gasteiger partial charge is 0.255 e. The number of amides is 1. The Morgan fingerprint density at radius 2 is 2.28 bits per heavy atom. The molecule has 5 nitrogen and oxygen atoms in total. The quantitative estimate of drug-likeness (QED) is 0.885. The number of aryl methyl sites for hydroxylation is 1. The van der Waals surface area contributed by atoms with Crippen LogP contribution in [0.2, 0.25) is 0 Å². The van der Waals surface area contributed by atoms with Gasteiger partial charge in [0.15, 0.2) is 0 Å². The third-order valence-corrected chi connectivity index (χ3v) is 3.55. The van der Waals surface area contributed by atoms with Crippen LogP contribution in [0.3, 0.4) is 0 Å². The van der Waals surface area contributed by atoms with Crippen molar-refractivity contribution in [2.45, 2.75) is 19.9 Å². The number of carbonyl (C=O) groups is 1. The van der Waals surface area contributed by atoms with Crippen LogP contribution in [0, 0.1) is 6.92 Å². The van der Waals surface area contributed by atoms with Crippen molar-refractivity contribution in [2.75, 3.05) is 5.73 Å². The van der Waals surface area contributed by atoms with E-state index in [1.165, 1.54) is 6.20 Å². The number of nitrogens with one attached hydrogen (secondary N) is 1. The second-order valence-corrected chi connectivity index (χ2v) is 5.23. The largest absolute Gasteiger partial charge is 0.398 e. The third kappa shape index (κ3) is 2.65. The van der Waals surface area contributed by atoms with Crippen LogP contribution in [0.5, 0.6) is 0 Å². The van der Waals surface area contributed by atoms with Gasteiger partial charge in [0.1, 0.15) is 5.01 Å². The molecule has 0 bridgehead atoms. The van der Waals surface area contributed by atoms with Crippen molar-refractivity contribution in [3.63, 3.8) is 0 Å². The topological polar surface area (TPSA) is 80.9 Å². The van der Waals surface area contributed by atoms with E-state index in [9.17, 15) is 4.79 Å². The second kappa shape index (κ2) is 5.14. The first kappa shape index (κ1) is 12.5. The Hall–Kier alpha value is -1.95. The lowest BCUT2D eigenvalue weighted by Crippen LogP contribution is -2.27. The maximum absolute atomic E-state index is 12.0. The number of carbonyl (C=O) groups excluding carboxylic acids is 1. The van der Waals surface area contributed by atoms with E-state index in [1.54, 1.807) is 29.8 Å². The maximum atomic E-state index is 12.0. The predicted octanol–water partition coefficient (Wildman–Crippen LogP) is 1.92. The molecule has 0 fully saturated rings. The number of hydrogen-bond donors (Lipinski definition) is 2. The summed E-state index contributed by atoms with van der Waals surface area (Å²) in [5.41, 5.74) is 6.53. The Labute approximate surface area is 109 Å². The minimum absolute atomic E-state index is 0.143. The van der Waals surface area contributed by atoms with Crippen LogP contribution in [0.15, 0.2) is 24.7 Å². The van der Waals surface area contributed by atoms with Crippen LogP contribution in [0.25, 0.3) is 0 Å². The van der Waals surface area contributed by atoms with Crippen molar-refractivity contribution in [3.05, 3.63) is 40.1 Å². The maximum Gasteiger partial charge on any atom is 0.255 e. The van der Waals surface area contributed by atoms with E-state index in [4.69, 9.17) is 5.73 Å². The van der Waals surface area contributed by atoms with E-state index in [-0.39, 0.29) is 11.9 Å². The summed E-state index contributed by atoms with van der Waals surface area (Å²) >= 11 is 1.56. The van der Waals surface area contributed by atoms with Gasteiger partial charge in [-0.25, -0.2) is 4.98 Å². The highest BCUT2D eigenvalue weighted by molar-refractivity contribution is 7.11. The third-order valence-electron chi connectivity index (χ3n) is 2.46. The number of nitrogens with two attached hydrogens (primary N) is 1. The van der Waals surface area contributed by atoms with Gasteiger partial charge in [-0.15, -0.1) is 11.3 Å². The number of nitrogens with zero attached hydrogens (tertiary/aromatic N) is 2. The molecule has 0 saturated heterocycles. The Balaban J connectivity index is 2.10. The van der Waals surface area contributed by atoms with Gasteiger partial charge >= 0.3 is 0 Å². The molecule has 6 heteroatoms. The number of nitrogen functional groups attached to an aromatic ring is 1. The average molecular weight is 262 g/mol. The summed E-state index contributed by atoms with van der Waals surface area (Å²) in [7, 11) is 0. The Morgan fingerprint density at radius 3 is 2.89 bits per heavy atom. The fourth-order valence-corrected chi connectivity index (χ4v) is 2.28. The fourth-order valence-electron chi connectivity index (χ4n) is 1.50. The van der Waals surface area contributed by atoms with Crippen molar-refractivity contribution < 1.29 is 4.79 Å². The van der Waals surface area contributed by atoms with Gasteiger partial charge in [0.05, 0.1) is 11.6 Å². The van der Waals surface area contributed by atoms with Crippen LogP contribution in [0.4, 0.5) is 5.69 Å². The SMILES string of the molecule is Cc1cnc(C(C)NC(=O)c2cnccc2N)s1. The predicted molar refractivity (Wildman–Crippen MR) is 71.4 cm³/mol. The molecule has 3 N–H and O–H groups in total. The van der Waals surface area contributed by atoms with E-state index in [0.29, 0.717) is 11.3 Å². The normalized spacial score (nSPS) is 12.1. The molecular weight excluding hydrogens is 248 g/mol. The number of pyridine rings is 1. The lowest BCUT2D eigenvalue weighted by atomic mass is 10.2. The van der Waals surface area contributed by atoms with Gasteiger partial charge < -0.3 is 11.1 Å². The first-order chi connectivity index (χ1) is 8.58. The molecule has 2 aromatic heterocycles. The van der Waals surface area contributed by atoms with E-state index in [0.717, 1.165) is 9.88 Å². The molecule has 2 aromatic rings. The van der Waals surface area contributed by atoms with Crippen molar-refractivity contribution in [1.29, 1.82) is 0 Å². The van der Waals surface area contributed by atoms with Crippen LogP contribution < -0.4 is 11.1 Å². The highest BCUT2D eigenvalue weighted by Crippen LogP contribution is 2.19. The highest BCUT2D eigenvalue weighted by Gasteiger charge is 2.15. The zero-order valence-electron chi connectivity index (χ0n) is 10.2. The Bertz CT molecular complexity index is 567. The standard InChI is InChI=1S/C12H14N4OS/c1-7-5-15-12(18-7)8(2)16-11(17)9-6-14-4-3-10(9)13/h3-6,8H,1-2H3,(H2,13,14)(H,16,17). The molecule has 94 valence electrons. The minimum Gasteiger partial charge on any atom is -0.398 e. The van der Waals surface area contributed by atoms with E-state index >= 15 is 0 Å². The van der Waals surface area contributed by atoms with Gasteiger partial charge in [0.25, 0.3) is 5.91 Å². The van der Waals surface area contributed by atoms with Crippen molar-refractivity contribution >= 4 is 22.9 Å². The van der Waals surface area contributed by atoms with Gasteiger partial charge in [-0.2, -0.15) is 0 Å². The monoisotopic (exact) mass is 262 g/mol. The number of thiazole rings is 1. The zero-order chi connectivity index (χ0) is 13.1. The summed E-state index contributed by atoms with van der Waals surface area (Å²) in [5.74, 6) is -0.235. The molecular formula is C12H14N4OS. The van der Waals surface area contributed by atoms with Crippen LogP contribution >= 0.6 is 11.3 Å². The van der Waals surface area contributed by atoms with Gasteiger partial charge in [-0.05, 0) is 19.9 Å². The van der Waals surface area contributed by atoms with Crippen molar-refractivity contribution in [3.8, 4) is 0 Å². The molecule has 0 aromatic carbocycles. The van der Waals surface area contributed by atoms with Crippen LogP contribution in [-0.2, 0) is 0 Å². The molecule has 0 radical (unpaired) electrons. The highest BCUT2D eigenvalue weighted by atomic mass is 32.1. The van der Waals surface area contributed by atoms with Gasteiger partial charge in [-0.3, -0.25) is 9.78 Å². The molecule has 1 atom stereocenters. The summed E-state index contributed by atoms with van der Waals surface area (Å²) in [5, 5.41) is 3.73. The fraction of sp³-hybridized carbons (Fsp3) is 0.250. The summed E-state index contributed by atoms with van der Waals surface area (Å²) in [6.07, 6.45) is 4.81. The first-order valence-electron chi connectivity index (χ1n) is 5.50. The van der Waals surface area contributed by atoms with Gasteiger partial charge in [0.2, 0.25) is 0 Å². The Kier molecular flexibility index (Phi) is 3.57. The summed E-state index contributed by atoms with van der Waals surface area (Å²) < 4.78 is 0. The lowest BCUT2D eigenvalue weighted by molar-refractivity contribution is 0.0940. The molecule has 0 spiro atoms. The number of hydrogen-bond acceptors (Lipinski definition) is 5. The number of rotatable bonds is 3. The molecule has 2 rings (SSSR count). The van der Waals surface area contributed by atoms with Crippen LogP contribution in [-0.4, -0.2) is 15.9 Å². The summed E-state index contributed by atoms with van der Waals surface area (Å²) in [6, 6.07) is 1.46. The average Bonchev–Trinajstić information content (AvgIpc) is 2.76. The van der Waals surface area contributed by atoms with Gasteiger partial charge in [0, 0.05) is 29.2 Å². The molecule has 18 heavy (non-hydrogen) atoms. The summed E-state index contributed by atoms with van der Waals surface area (Å²) in [4.78, 5) is 21.3. The van der Waals surface area contributed by atoms with Crippen molar-refractivity contribution in [2.24, 2.45) is 0 Å². The number of aromatic nitrogens is 2. The van der Waals surface area contributed by atoms with Gasteiger partial charge in [-0.1, -0.05) is 0 Å².